The third-order valence-corrected chi connectivity index (χ3v) is 2.93. The van der Waals surface area contributed by atoms with Gasteiger partial charge in [0.25, 0.3) is 0 Å². The standard InChI is InChI=1S/C14H18N2O2/c1-14(2,7-13(15)17)16-8-10-9-18-12-6-4-3-5-11(10)12/h3-6,9,16H,7-8H2,1-2H3,(H2,15,17). The molecule has 0 saturated carbocycles. The van der Waals surface area contributed by atoms with Crippen LogP contribution in [0.25, 0.3) is 11.0 Å². The number of nitrogens with one attached hydrogen (secondary N) is 1. The molecule has 0 saturated heterocycles. The van der Waals surface area contributed by atoms with E-state index in [0.717, 1.165) is 16.5 Å². The third kappa shape index (κ3) is 2.90. The first-order valence-electron chi connectivity index (χ1n) is 5.96. The van der Waals surface area contributed by atoms with Crippen LogP contribution >= 0.6 is 0 Å². The number of furan rings is 1. The maximum atomic E-state index is 11.0. The van der Waals surface area contributed by atoms with E-state index in [1.54, 1.807) is 6.26 Å². The van der Waals surface area contributed by atoms with Gasteiger partial charge < -0.3 is 15.5 Å². The van der Waals surface area contributed by atoms with Gasteiger partial charge in [0.2, 0.25) is 5.91 Å². The average molecular weight is 246 g/mol. The number of amides is 1. The summed E-state index contributed by atoms with van der Waals surface area (Å²) >= 11 is 0. The highest BCUT2D eigenvalue weighted by Crippen LogP contribution is 2.21. The summed E-state index contributed by atoms with van der Waals surface area (Å²) in [4.78, 5) is 11.0. The summed E-state index contributed by atoms with van der Waals surface area (Å²) in [6.07, 6.45) is 2.06. The van der Waals surface area contributed by atoms with Crippen LogP contribution in [0.15, 0.2) is 34.9 Å². The fraction of sp³-hybridized carbons (Fsp3) is 0.357. The van der Waals surface area contributed by atoms with E-state index >= 15 is 0 Å². The molecule has 0 aliphatic rings. The van der Waals surface area contributed by atoms with Crippen LogP contribution in [0.2, 0.25) is 0 Å². The van der Waals surface area contributed by atoms with Crippen molar-refractivity contribution in [2.75, 3.05) is 0 Å². The zero-order valence-electron chi connectivity index (χ0n) is 10.7. The summed E-state index contributed by atoms with van der Waals surface area (Å²) < 4.78 is 5.46. The molecule has 1 amide bonds. The van der Waals surface area contributed by atoms with E-state index in [4.69, 9.17) is 10.2 Å². The molecule has 0 fully saturated rings. The van der Waals surface area contributed by atoms with Gasteiger partial charge in [-0.1, -0.05) is 18.2 Å². The molecule has 0 bridgehead atoms. The molecule has 96 valence electrons. The summed E-state index contributed by atoms with van der Waals surface area (Å²) in [7, 11) is 0. The van der Waals surface area contributed by atoms with Crippen LogP contribution in [-0.4, -0.2) is 11.4 Å². The quantitative estimate of drug-likeness (QED) is 0.849. The van der Waals surface area contributed by atoms with Crippen LogP contribution in [0, 0.1) is 0 Å². The van der Waals surface area contributed by atoms with Crippen LogP contribution in [0.5, 0.6) is 0 Å². The van der Waals surface area contributed by atoms with Gasteiger partial charge in [-0.3, -0.25) is 4.79 Å². The molecule has 3 N–H and O–H groups in total. The number of nitrogens with two attached hydrogens (primary N) is 1. The topological polar surface area (TPSA) is 68.3 Å². The van der Waals surface area contributed by atoms with Gasteiger partial charge in [0.05, 0.1) is 6.26 Å². The number of fused-ring (bicyclic) bond motifs is 1. The Morgan fingerprint density at radius 1 is 1.39 bits per heavy atom. The summed E-state index contributed by atoms with van der Waals surface area (Å²) in [5.74, 6) is -0.301. The number of hydrogen-bond acceptors (Lipinski definition) is 3. The van der Waals surface area contributed by atoms with Crippen molar-refractivity contribution in [1.82, 2.24) is 5.32 Å². The molecule has 0 aliphatic carbocycles. The molecule has 2 rings (SSSR count). The van der Waals surface area contributed by atoms with Gasteiger partial charge >= 0.3 is 0 Å². The summed E-state index contributed by atoms with van der Waals surface area (Å²) in [5.41, 5.74) is 6.87. The number of rotatable bonds is 5. The van der Waals surface area contributed by atoms with Crippen LogP contribution < -0.4 is 11.1 Å². The van der Waals surface area contributed by atoms with E-state index in [1.165, 1.54) is 0 Å². The van der Waals surface area contributed by atoms with Gasteiger partial charge in [0.1, 0.15) is 5.58 Å². The van der Waals surface area contributed by atoms with Crippen molar-refractivity contribution in [3.05, 3.63) is 36.1 Å². The predicted molar refractivity (Wildman–Crippen MR) is 70.9 cm³/mol. The number of carbonyl (C=O) groups is 1. The largest absolute Gasteiger partial charge is 0.464 e. The number of para-hydroxylation sites is 1. The minimum atomic E-state index is -0.315. The normalized spacial score (nSPS) is 11.9. The smallest absolute Gasteiger partial charge is 0.219 e. The highest BCUT2D eigenvalue weighted by atomic mass is 16.3. The summed E-state index contributed by atoms with van der Waals surface area (Å²) in [5, 5.41) is 4.42. The van der Waals surface area contributed by atoms with Crippen LogP contribution in [-0.2, 0) is 11.3 Å². The Balaban J connectivity index is 2.08. The SMILES string of the molecule is CC(C)(CC(N)=O)NCc1coc2ccccc12. The maximum absolute atomic E-state index is 11.0. The third-order valence-electron chi connectivity index (χ3n) is 2.93. The first-order chi connectivity index (χ1) is 8.48. The van der Waals surface area contributed by atoms with E-state index in [0.29, 0.717) is 13.0 Å². The Bertz CT molecular complexity index is 558. The first-order valence-corrected chi connectivity index (χ1v) is 5.96. The molecule has 1 aromatic heterocycles. The van der Waals surface area contributed by atoms with E-state index < -0.39 is 0 Å². The van der Waals surface area contributed by atoms with E-state index in [9.17, 15) is 4.79 Å². The van der Waals surface area contributed by atoms with E-state index in [1.807, 2.05) is 38.1 Å². The Hall–Kier alpha value is -1.81. The zero-order chi connectivity index (χ0) is 13.2. The van der Waals surface area contributed by atoms with Crippen molar-refractivity contribution in [2.45, 2.75) is 32.4 Å². The Morgan fingerprint density at radius 3 is 2.83 bits per heavy atom. The second-order valence-electron chi connectivity index (χ2n) is 5.14. The number of benzene rings is 1. The van der Waals surface area contributed by atoms with Crippen molar-refractivity contribution >= 4 is 16.9 Å². The van der Waals surface area contributed by atoms with Crippen molar-refractivity contribution < 1.29 is 9.21 Å². The predicted octanol–water partition coefficient (Wildman–Crippen LogP) is 2.18. The lowest BCUT2D eigenvalue weighted by Gasteiger charge is -2.24. The Morgan fingerprint density at radius 2 is 2.11 bits per heavy atom. The van der Waals surface area contributed by atoms with Crippen molar-refractivity contribution in [3.8, 4) is 0 Å². The van der Waals surface area contributed by atoms with Gasteiger partial charge in [-0.15, -0.1) is 0 Å². The molecule has 0 spiro atoms. The van der Waals surface area contributed by atoms with Gasteiger partial charge in [0, 0.05) is 29.5 Å². The second-order valence-corrected chi connectivity index (χ2v) is 5.14. The lowest BCUT2D eigenvalue weighted by molar-refractivity contribution is -0.119. The first kappa shape index (κ1) is 12.6. The van der Waals surface area contributed by atoms with Gasteiger partial charge in [-0.05, 0) is 19.9 Å². The average Bonchev–Trinajstić information content (AvgIpc) is 2.68. The highest BCUT2D eigenvalue weighted by molar-refractivity contribution is 5.80. The molecule has 18 heavy (non-hydrogen) atoms. The molecule has 2 aromatic rings. The molecule has 1 heterocycles. The minimum absolute atomic E-state index is 0.301. The minimum Gasteiger partial charge on any atom is -0.464 e. The molecule has 4 heteroatoms. The lowest BCUT2D eigenvalue weighted by atomic mass is 10.00. The van der Waals surface area contributed by atoms with E-state index in [2.05, 4.69) is 5.32 Å². The number of primary amides is 1. The van der Waals surface area contributed by atoms with E-state index in [-0.39, 0.29) is 11.4 Å². The van der Waals surface area contributed by atoms with Gasteiger partial charge in [0.15, 0.2) is 0 Å². The van der Waals surface area contributed by atoms with Crippen LogP contribution in [0.1, 0.15) is 25.8 Å². The zero-order valence-corrected chi connectivity index (χ0v) is 10.7. The monoisotopic (exact) mass is 246 g/mol. The summed E-state index contributed by atoms with van der Waals surface area (Å²) in [6.45, 7) is 4.57. The fourth-order valence-corrected chi connectivity index (χ4v) is 2.00. The Kier molecular flexibility index (Phi) is 3.39. The molecule has 0 atom stereocenters. The molecule has 0 radical (unpaired) electrons. The molecule has 0 aliphatic heterocycles. The lowest BCUT2D eigenvalue weighted by Crippen LogP contribution is -2.42. The fourth-order valence-electron chi connectivity index (χ4n) is 2.00. The Labute approximate surface area is 106 Å². The van der Waals surface area contributed by atoms with Crippen LogP contribution in [0.4, 0.5) is 0 Å². The summed E-state index contributed by atoms with van der Waals surface area (Å²) in [6, 6.07) is 7.89. The molecular formula is C14H18N2O2. The van der Waals surface area contributed by atoms with Crippen molar-refractivity contribution in [3.63, 3.8) is 0 Å². The maximum Gasteiger partial charge on any atom is 0.219 e. The molecule has 4 nitrogen and oxygen atoms in total. The second kappa shape index (κ2) is 4.82. The molecule has 0 unspecified atom stereocenters. The van der Waals surface area contributed by atoms with Crippen LogP contribution in [0.3, 0.4) is 0 Å². The van der Waals surface area contributed by atoms with Gasteiger partial charge in [-0.25, -0.2) is 0 Å². The number of hydrogen-bond donors (Lipinski definition) is 2. The highest BCUT2D eigenvalue weighted by Gasteiger charge is 2.20. The molecule has 1 aromatic carbocycles. The van der Waals surface area contributed by atoms with Crippen molar-refractivity contribution in [1.29, 1.82) is 0 Å². The van der Waals surface area contributed by atoms with Crippen molar-refractivity contribution in [2.24, 2.45) is 5.73 Å². The van der Waals surface area contributed by atoms with Gasteiger partial charge in [-0.2, -0.15) is 0 Å². The molecular weight excluding hydrogens is 228 g/mol. The number of carbonyl (C=O) groups excluding carboxylic acids is 1.